The number of benzene rings is 1. The van der Waals surface area contributed by atoms with E-state index >= 15 is 0 Å². The zero-order valence-corrected chi connectivity index (χ0v) is 15.6. The Bertz CT molecular complexity index is 1080. The van der Waals surface area contributed by atoms with Gasteiger partial charge < -0.3 is 4.74 Å². The van der Waals surface area contributed by atoms with Crippen LogP contribution in [0.25, 0.3) is 0 Å². The standard InChI is InChI=1S/C16H12F6N4O5/c1-3-24-12(27)7-11(16(20,21)22)23-13(24)25(14(28)31-2)9-5-4-8(15(17,18)19)6-10(9)26(29)30/h4-7H,3H2,1-2H3. The quantitative estimate of drug-likeness (QED) is 0.391. The Morgan fingerprint density at radius 1 is 1.19 bits per heavy atom. The first-order valence-corrected chi connectivity index (χ1v) is 8.15. The first-order valence-electron chi connectivity index (χ1n) is 8.15. The molecule has 9 nitrogen and oxygen atoms in total. The number of amides is 1. The van der Waals surface area contributed by atoms with Gasteiger partial charge in [0.2, 0.25) is 5.95 Å². The van der Waals surface area contributed by atoms with Crippen LogP contribution < -0.4 is 10.5 Å². The SMILES string of the molecule is CCn1c(N(C(=O)OC)c2ccc(C(F)(F)F)cc2[N+](=O)[O-])nc(C(F)(F)F)cc1=O. The minimum absolute atomic E-state index is 0.0906. The molecule has 1 heterocycles. The van der Waals surface area contributed by atoms with Crippen LogP contribution in [-0.4, -0.2) is 27.7 Å². The minimum atomic E-state index is -5.13. The fourth-order valence-electron chi connectivity index (χ4n) is 2.52. The molecule has 1 aromatic heterocycles. The molecule has 0 aliphatic rings. The molecule has 2 aromatic rings. The molecule has 0 fully saturated rings. The number of carbonyl (C=O) groups excluding carboxylic acids is 1. The van der Waals surface area contributed by atoms with Gasteiger partial charge in [-0.15, -0.1) is 0 Å². The molecule has 0 N–H and O–H groups in total. The Morgan fingerprint density at radius 2 is 1.81 bits per heavy atom. The van der Waals surface area contributed by atoms with Gasteiger partial charge >= 0.3 is 18.4 Å². The molecule has 0 unspecified atom stereocenters. The number of methoxy groups -OCH3 is 1. The summed E-state index contributed by atoms with van der Waals surface area (Å²) in [5, 5.41) is 11.4. The maximum atomic E-state index is 13.1. The van der Waals surface area contributed by atoms with Crippen LogP contribution in [-0.2, 0) is 23.6 Å². The van der Waals surface area contributed by atoms with Crippen LogP contribution in [0.5, 0.6) is 0 Å². The lowest BCUT2D eigenvalue weighted by Gasteiger charge is -2.24. The third-order valence-electron chi connectivity index (χ3n) is 3.89. The molecule has 0 bridgehead atoms. The number of anilines is 2. The summed E-state index contributed by atoms with van der Waals surface area (Å²) in [6.07, 6.45) is -11.6. The normalized spacial score (nSPS) is 11.9. The topological polar surface area (TPSA) is 108 Å². The fourth-order valence-corrected chi connectivity index (χ4v) is 2.52. The fraction of sp³-hybridized carbons (Fsp3) is 0.312. The maximum absolute atomic E-state index is 13.1. The molecule has 2 rings (SSSR count). The average molecular weight is 454 g/mol. The van der Waals surface area contributed by atoms with E-state index in [2.05, 4.69) is 9.72 Å². The Labute approximate surface area is 168 Å². The third-order valence-corrected chi connectivity index (χ3v) is 3.89. The average Bonchev–Trinajstić information content (AvgIpc) is 2.66. The molecule has 0 spiro atoms. The van der Waals surface area contributed by atoms with Crippen molar-refractivity contribution >= 4 is 23.4 Å². The van der Waals surface area contributed by atoms with Crippen molar-refractivity contribution in [3.63, 3.8) is 0 Å². The summed E-state index contributed by atoms with van der Waals surface area (Å²) in [4.78, 5) is 37.9. The number of nitro groups is 1. The lowest BCUT2D eigenvalue weighted by atomic mass is 10.1. The van der Waals surface area contributed by atoms with Crippen LogP contribution in [0.15, 0.2) is 29.1 Å². The van der Waals surface area contributed by atoms with Crippen molar-refractivity contribution < 1.29 is 40.8 Å². The lowest BCUT2D eigenvalue weighted by molar-refractivity contribution is -0.384. The van der Waals surface area contributed by atoms with Gasteiger partial charge in [0.1, 0.15) is 5.69 Å². The number of alkyl halides is 6. The number of halogens is 6. The van der Waals surface area contributed by atoms with E-state index in [1.54, 1.807) is 0 Å². The van der Waals surface area contributed by atoms with Crippen molar-refractivity contribution in [1.29, 1.82) is 0 Å². The number of hydrogen-bond acceptors (Lipinski definition) is 6. The molecule has 15 heteroatoms. The zero-order chi connectivity index (χ0) is 23.7. The summed E-state index contributed by atoms with van der Waals surface area (Å²) in [5.41, 5.74) is -6.60. The van der Waals surface area contributed by atoms with Crippen molar-refractivity contribution in [3.05, 3.63) is 56.0 Å². The number of aromatic nitrogens is 2. The van der Waals surface area contributed by atoms with Gasteiger partial charge in [-0.3, -0.25) is 19.5 Å². The molecule has 0 aliphatic carbocycles. The highest BCUT2D eigenvalue weighted by Crippen LogP contribution is 2.39. The highest BCUT2D eigenvalue weighted by molar-refractivity contribution is 5.96. The molecule has 1 aromatic carbocycles. The number of ether oxygens (including phenoxy) is 1. The first kappa shape index (κ1) is 23.6. The number of hydrogen-bond donors (Lipinski definition) is 0. The molecule has 0 saturated heterocycles. The summed E-state index contributed by atoms with van der Waals surface area (Å²) in [6.45, 7) is 0.970. The summed E-state index contributed by atoms with van der Waals surface area (Å²) >= 11 is 0. The van der Waals surface area contributed by atoms with Crippen molar-refractivity contribution in [2.75, 3.05) is 12.0 Å². The van der Waals surface area contributed by atoms with Gasteiger partial charge in [-0.1, -0.05) is 0 Å². The highest BCUT2D eigenvalue weighted by Gasteiger charge is 2.39. The second-order valence-corrected chi connectivity index (χ2v) is 5.79. The second-order valence-electron chi connectivity index (χ2n) is 5.79. The number of rotatable bonds is 4. The predicted molar refractivity (Wildman–Crippen MR) is 91.8 cm³/mol. The number of nitrogens with zero attached hydrogens (tertiary/aromatic N) is 4. The van der Waals surface area contributed by atoms with Gasteiger partial charge in [-0.2, -0.15) is 26.3 Å². The van der Waals surface area contributed by atoms with Crippen LogP contribution in [0.2, 0.25) is 0 Å². The van der Waals surface area contributed by atoms with Gasteiger partial charge in [0.25, 0.3) is 11.2 Å². The lowest BCUT2D eigenvalue weighted by Crippen LogP contribution is -2.35. The van der Waals surface area contributed by atoms with E-state index in [9.17, 15) is 46.0 Å². The van der Waals surface area contributed by atoms with Crippen molar-refractivity contribution in [2.45, 2.75) is 25.8 Å². The molecular formula is C16H12F6N4O5. The molecule has 168 valence electrons. The Morgan fingerprint density at radius 3 is 2.26 bits per heavy atom. The van der Waals surface area contributed by atoms with E-state index < -0.39 is 57.5 Å². The third kappa shape index (κ3) is 4.75. The smallest absolute Gasteiger partial charge is 0.433 e. The van der Waals surface area contributed by atoms with Gasteiger partial charge in [0.05, 0.1) is 17.6 Å². The second kappa shape index (κ2) is 8.23. The van der Waals surface area contributed by atoms with E-state index in [1.807, 2.05) is 0 Å². The van der Waals surface area contributed by atoms with E-state index in [1.165, 1.54) is 6.92 Å². The molecule has 31 heavy (non-hydrogen) atoms. The van der Waals surface area contributed by atoms with Gasteiger partial charge in [0.15, 0.2) is 5.69 Å². The van der Waals surface area contributed by atoms with Gasteiger partial charge in [-0.25, -0.2) is 14.7 Å². The predicted octanol–water partition coefficient (Wildman–Crippen LogP) is 4.11. The molecule has 0 aliphatic heterocycles. The first-order chi connectivity index (χ1) is 14.2. The summed E-state index contributed by atoms with van der Waals surface area (Å²) < 4.78 is 83.3. The molecule has 0 atom stereocenters. The van der Waals surface area contributed by atoms with E-state index in [0.717, 1.165) is 7.11 Å². The molecule has 0 radical (unpaired) electrons. The van der Waals surface area contributed by atoms with Gasteiger partial charge in [0, 0.05) is 18.7 Å². The zero-order valence-electron chi connectivity index (χ0n) is 15.6. The van der Waals surface area contributed by atoms with Crippen molar-refractivity contribution in [1.82, 2.24) is 9.55 Å². The van der Waals surface area contributed by atoms with Gasteiger partial charge in [-0.05, 0) is 19.1 Å². The van der Waals surface area contributed by atoms with Crippen LogP contribution in [0, 0.1) is 10.1 Å². The summed E-state index contributed by atoms with van der Waals surface area (Å²) in [6, 6.07) is 1.10. The summed E-state index contributed by atoms with van der Waals surface area (Å²) in [7, 11) is 0.771. The van der Waals surface area contributed by atoms with Crippen LogP contribution in [0.4, 0.5) is 48.5 Å². The largest absolute Gasteiger partial charge is 0.452 e. The monoisotopic (exact) mass is 454 g/mol. The Hall–Kier alpha value is -3.65. The van der Waals surface area contributed by atoms with Crippen LogP contribution in [0.3, 0.4) is 0 Å². The van der Waals surface area contributed by atoms with Crippen LogP contribution >= 0.6 is 0 Å². The number of carbonyl (C=O) groups is 1. The van der Waals surface area contributed by atoms with E-state index in [-0.39, 0.29) is 23.6 Å². The molecule has 1 amide bonds. The van der Waals surface area contributed by atoms with Crippen molar-refractivity contribution in [2.24, 2.45) is 0 Å². The Kier molecular flexibility index (Phi) is 6.28. The Balaban J connectivity index is 2.92. The van der Waals surface area contributed by atoms with Crippen LogP contribution in [0.1, 0.15) is 18.2 Å². The molecule has 0 saturated carbocycles. The highest BCUT2D eigenvalue weighted by atomic mass is 19.4. The maximum Gasteiger partial charge on any atom is 0.433 e. The minimum Gasteiger partial charge on any atom is -0.452 e. The molecular weight excluding hydrogens is 442 g/mol. The van der Waals surface area contributed by atoms with E-state index in [4.69, 9.17) is 0 Å². The summed E-state index contributed by atoms with van der Waals surface area (Å²) in [5.74, 6) is -1.03. The number of nitro benzene ring substituents is 1. The van der Waals surface area contributed by atoms with E-state index in [0.29, 0.717) is 16.7 Å². The van der Waals surface area contributed by atoms with Crippen molar-refractivity contribution in [3.8, 4) is 0 Å².